The van der Waals surface area contributed by atoms with Crippen LogP contribution in [0, 0.1) is 0 Å². The van der Waals surface area contributed by atoms with Gasteiger partial charge in [0.2, 0.25) is 11.7 Å². The van der Waals surface area contributed by atoms with Crippen LogP contribution in [0.25, 0.3) is 21.9 Å². The van der Waals surface area contributed by atoms with Crippen molar-refractivity contribution >= 4 is 56.7 Å². The summed E-state index contributed by atoms with van der Waals surface area (Å²) in [5, 5.41) is 7.79. The summed E-state index contributed by atoms with van der Waals surface area (Å²) in [6, 6.07) is 19.9. The summed E-state index contributed by atoms with van der Waals surface area (Å²) in [5.41, 5.74) is 4.06. The average Bonchev–Trinajstić information content (AvgIpc) is 3.41. The van der Waals surface area contributed by atoms with Crippen molar-refractivity contribution in [2.75, 3.05) is 10.6 Å². The first-order chi connectivity index (χ1) is 16.9. The number of carbonyl (C=O) groups excluding carboxylic acids is 2. The van der Waals surface area contributed by atoms with Gasteiger partial charge >= 0.3 is 0 Å². The van der Waals surface area contributed by atoms with Crippen molar-refractivity contribution in [1.29, 1.82) is 0 Å². The number of hydrogen-bond donors (Lipinski definition) is 2. The molecule has 35 heavy (non-hydrogen) atoms. The molecule has 176 valence electrons. The Kier molecular flexibility index (Phi) is 6.05. The minimum atomic E-state index is -0.478. The molecule has 0 saturated carbocycles. The lowest BCUT2D eigenvalue weighted by molar-refractivity contribution is -0.115. The molecule has 2 amide bonds. The molecule has 0 saturated heterocycles. The Morgan fingerprint density at radius 2 is 1.69 bits per heavy atom. The summed E-state index contributed by atoms with van der Waals surface area (Å²) in [5.74, 6) is -0.382. The van der Waals surface area contributed by atoms with Crippen molar-refractivity contribution in [3.05, 3.63) is 94.9 Å². The number of carbonyl (C=O) groups is 2. The number of fused-ring (bicyclic) bond motifs is 2. The molecule has 2 N–H and O–H groups in total. The number of nitrogens with one attached hydrogen (secondary N) is 2. The minimum absolute atomic E-state index is 0.0219. The van der Waals surface area contributed by atoms with E-state index in [1.807, 2.05) is 24.3 Å². The molecule has 3 aromatic carbocycles. The zero-order chi connectivity index (χ0) is 24.5. The number of para-hydroxylation sites is 1. The van der Waals surface area contributed by atoms with Crippen LogP contribution in [0.1, 0.15) is 41.4 Å². The van der Waals surface area contributed by atoms with E-state index in [0.717, 1.165) is 16.5 Å². The van der Waals surface area contributed by atoms with Crippen molar-refractivity contribution in [2.24, 2.45) is 0 Å². The van der Waals surface area contributed by atoms with Crippen LogP contribution in [0.15, 0.2) is 81.8 Å². The predicted molar refractivity (Wildman–Crippen MR) is 138 cm³/mol. The Hall–Kier alpha value is -4.03. The van der Waals surface area contributed by atoms with Crippen molar-refractivity contribution < 1.29 is 18.4 Å². The molecule has 5 aromatic rings. The number of halogens is 1. The maximum atomic E-state index is 13.1. The van der Waals surface area contributed by atoms with Gasteiger partial charge in [-0.25, -0.2) is 0 Å². The fourth-order valence-electron chi connectivity index (χ4n) is 4.00. The number of hydrogen-bond acceptors (Lipinski definition) is 4. The van der Waals surface area contributed by atoms with E-state index in [1.54, 1.807) is 42.7 Å². The topological polar surface area (TPSA) is 84.5 Å². The van der Waals surface area contributed by atoms with Crippen molar-refractivity contribution in [1.82, 2.24) is 0 Å². The Labute approximate surface area is 206 Å². The van der Waals surface area contributed by atoms with Gasteiger partial charge in [-0.1, -0.05) is 43.6 Å². The molecule has 2 aromatic heterocycles. The van der Waals surface area contributed by atoms with E-state index in [1.165, 1.54) is 5.56 Å². The molecule has 7 heteroatoms. The third-order valence-electron chi connectivity index (χ3n) is 5.86. The van der Waals surface area contributed by atoms with Crippen molar-refractivity contribution in [2.45, 2.75) is 26.2 Å². The second-order valence-corrected chi connectivity index (χ2v) is 9.10. The van der Waals surface area contributed by atoms with Gasteiger partial charge in [0, 0.05) is 27.0 Å². The molecule has 2 heterocycles. The number of rotatable bonds is 6. The van der Waals surface area contributed by atoms with E-state index in [4.69, 9.17) is 20.4 Å². The van der Waals surface area contributed by atoms with E-state index in [0.29, 0.717) is 33.3 Å². The largest absolute Gasteiger partial charge is 0.464 e. The van der Waals surface area contributed by atoms with Crippen LogP contribution in [0.5, 0.6) is 0 Å². The fourth-order valence-corrected chi connectivity index (χ4v) is 4.13. The molecule has 0 radical (unpaired) electrons. The highest BCUT2D eigenvalue weighted by Crippen LogP contribution is 2.32. The van der Waals surface area contributed by atoms with E-state index in [9.17, 15) is 9.59 Å². The molecule has 0 aliphatic rings. The summed E-state index contributed by atoms with van der Waals surface area (Å²) in [4.78, 5) is 26.2. The minimum Gasteiger partial charge on any atom is -0.464 e. The molecule has 5 rings (SSSR count). The highest BCUT2D eigenvalue weighted by atomic mass is 35.5. The smallest absolute Gasteiger partial charge is 0.293 e. The van der Waals surface area contributed by atoms with Crippen molar-refractivity contribution in [3.8, 4) is 0 Å². The third kappa shape index (κ3) is 4.66. The average molecular weight is 487 g/mol. The van der Waals surface area contributed by atoms with Gasteiger partial charge in [-0.05, 0) is 60.0 Å². The van der Waals surface area contributed by atoms with Crippen LogP contribution in [-0.2, 0) is 11.2 Å². The zero-order valence-electron chi connectivity index (χ0n) is 19.2. The first-order valence-corrected chi connectivity index (χ1v) is 11.6. The fraction of sp³-hybridized carbons (Fsp3) is 0.143. The van der Waals surface area contributed by atoms with Crippen LogP contribution in [-0.4, -0.2) is 11.8 Å². The second kappa shape index (κ2) is 9.31. The first-order valence-electron chi connectivity index (χ1n) is 11.3. The van der Waals surface area contributed by atoms with Crippen LogP contribution in [0.4, 0.5) is 11.4 Å². The molecule has 0 aliphatic carbocycles. The van der Waals surface area contributed by atoms with E-state index < -0.39 is 5.91 Å². The molecule has 0 atom stereocenters. The standard InChI is InChI=1S/C28H23ClN2O4/c1-16(2)17-7-12-23-22(13-17)18(15-34-23)14-25(32)31-26-21-5-3-4-6-24(21)35-27(26)28(33)30-20-10-8-19(29)9-11-20/h3-13,15-16H,14H2,1-2H3,(H,30,33)(H,31,32). The molecule has 0 spiro atoms. The summed E-state index contributed by atoms with van der Waals surface area (Å²) in [7, 11) is 0. The normalized spacial score (nSPS) is 11.3. The van der Waals surface area contributed by atoms with Crippen LogP contribution >= 0.6 is 11.6 Å². The number of anilines is 2. The van der Waals surface area contributed by atoms with Gasteiger partial charge < -0.3 is 19.5 Å². The van der Waals surface area contributed by atoms with Gasteiger partial charge in [-0.15, -0.1) is 0 Å². The van der Waals surface area contributed by atoms with Crippen LogP contribution in [0.3, 0.4) is 0 Å². The third-order valence-corrected chi connectivity index (χ3v) is 6.12. The number of benzene rings is 3. The van der Waals surface area contributed by atoms with Gasteiger partial charge in [-0.3, -0.25) is 9.59 Å². The number of amides is 2. The molecule has 0 unspecified atom stereocenters. The Balaban J connectivity index is 1.43. The van der Waals surface area contributed by atoms with E-state index >= 15 is 0 Å². The maximum absolute atomic E-state index is 13.1. The quantitative estimate of drug-likeness (QED) is 0.262. The molecule has 6 nitrogen and oxygen atoms in total. The van der Waals surface area contributed by atoms with E-state index in [-0.39, 0.29) is 18.1 Å². The molecule has 0 bridgehead atoms. The summed E-state index contributed by atoms with van der Waals surface area (Å²) < 4.78 is 11.5. The highest BCUT2D eigenvalue weighted by molar-refractivity contribution is 6.30. The summed E-state index contributed by atoms with van der Waals surface area (Å²) >= 11 is 5.93. The Bertz CT molecular complexity index is 1550. The lowest BCUT2D eigenvalue weighted by atomic mass is 10.00. The second-order valence-electron chi connectivity index (χ2n) is 8.66. The van der Waals surface area contributed by atoms with Gasteiger partial charge in [0.25, 0.3) is 5.91 Å². The molecule has 0 fully saturated rings. The zero-order valence-corrected chi connectivity index (χ0v) is 20.0. The lowest BCUT2D eigenvalue weighted by Crippen LogP contribution is -2.18. The van der Waals surface area contributed by atoms with Crippen molar-refractivity contribution in [3.63, 3.8) is 0 Å². The van der Waals surface area contributed by atoms with Gasteiger partial charge in [0.1, 0.15) is 16.9 Å². The molecule has 0 aliphatic heterocycles. The maximum Gasteiger partial charge on any atom is 0.293 e. The summed E-state index contributed by atoms with van der Waals surface area (Å²) in [6.07, 6.45) is 1.70. The highest BCUT2D eigenvalue weighted by Gasteiger charge is 2.23. The van der Waals surface area contributed by atoms with E-state index in [2.05, 4.69) is 30.5 Å². The Morgan fingerprint density at radius 3 is 2.46 bits per heavy atom. The Morgan fingerprint density at radius 1 is 0.914 bits per heavy atom. The lowest BCUT2D eigenvalue weighted by Gasteiger charge is -2.08. The monoisotopic (exact) mass is 486 g/mol. The first kappa shape index (κ1) is 22.7. The van der Waals surface area contributed by atoms with Crippen LogP contribution in [0.2, 0.25) is 5.02 Å². The van der Waals surface area contributed by atoms with Gasteiger partial charge in [0.15, 0.2) is 0 Å². The van der Waals surface area contributed by atoms with Crippen LogP contribution < -0.4 is 10.6 Å². The summed E-state index contributed by atoms with van der Waals surface area (Å²) in [6.45, 7) is 4.24. The SMILES string of the molecule is CC(C)c1ccc2occ(CC(=O)Nc3c(C(=O)Nc4ccc(Cl)cc4)oc4ccccc34)c2c1. The predicted octanol–water partition coefficient (Wildman–Crippen LogP) is 7.39. The number of furan rings is 2. The van der Waals surface area contributed by atoms with Gasteiger partial charge in [0.05, 0.1) is 12.7 Å². The van der Waals surface area contributed by atoms with Gasteiger partial charge in [-0.2, -0.15) is 0 Å². The molecular formula is C28H23ClN2O4. The molecular weight excluding hydrogens is 464 g/mol.